The standard InChI is InChI=1S/C25H18FN3O5S/c26-16-8-5-14(6-9-16)13-29-19-4-2-1-3-17(19)23-24(35(29,32)33)22(18(12-27)25(28)34-23)15-7-10-20(30)21(31)11-15/h1-11,22,30-31H,13,28H2/t22-/m0/s1. The Hall–Kier alpha value is -4.49. The van der Waals surface area contributed by atoms with Crippen molar-refractivity contribution in [3.05, 3.63) is 106 Å². The van der Waals surface area contributed by atoms with Crippen LogP contribution in [0.5, 0.6) is 11.5 Å². The van der Waals surface area contributed by atoms with Crippen molar-refractivity contribution in [3.8, 4) is 17.6 Å². The van der Waals surface area contributed by atoms with Crippen LogP contribution in [-0.4, -0.2) is 18.6 Å². The molecule has 2 heterocycles. The minimum Gasteiger partial charge on any atom is -0.504 e. The van der Waals surface area contributed by atoms with Gasteiger partial charge in [0.05, 0.1) is 18.2 Å². The van der Waals surface area contributed by atoms with Gasteiger partial charge in [-0.05, 0) is 47.5 Å². The minimum atomic E-state index is -4.32. The van der Waals surface area contributed by atoms with E-state index in [1.54, 1.807) is 24.3 Å². The smallest absolute Gasteiger partial charge is 0.265 e. The molecule has 0 unspecified atom stereocenters. The van der Waals surface area contributed by atoms with Gasteiger partial charge in [-0.1, -0.05) is 30.3 Å². The maximum atomic E-state index is 14.1. The third kappa shape index (κ3) is 3.53. The third-order valence-corrected chi connectivity index (χ3v) is 7.81. The Bertz CT molecular complexity index is 1570. The zero-order valence-electron chi connectivity index (χ0n) is 18.0. The highest BCUT2D eigenvalue weighted by Crippen LogP contribution is 2.51. The maximum absolute atomic E-state index is 14.1. The molecule has 5 rings (SSSR count). The van der Waals surface area contributed by atoms with Crippen LogP contribution in [0.2, 0.25) is 0 Å². The molecule has 0 saturated heterocycles. The Kier molecular flexibility index (Phi) is 5.15. The Morgan fingerprint density at radius 1 is 1.06 bits per heavy atom. The Labute approximate surface area is 200 Å². The normalized spacial score (nSPS) is 18.4. The number of para-hydroxylation sites is 1. The fourth-order valence-corrected chi connectivity index (χ4v) is 6.20. The van der Waals surface area contributed by atoms with Gasteiger partial charge in [-0.3, -0.25) is 4.31 Å². The van der Waals surface area contributed by atoms with Crippen LogP contribution in [0.4, 0.5) is 10.1 Å². The lowest BCUT2D eigenvalue weighted by Crippen LogP contribution is -2.39. The molecular formula is C25H18FN3O5S. The minimum absolute atomic E-state index is 0.0231. The average molecular weight is 492 g/mol. The second-order valence-electron chi connectivity index (χ2n) is 8.02. The number of nitrogens with zero attached hydrogens (tertiary/aromatic N) is 2. The number of hydrogen-bond donors (Lipinski definition) is 3. The molecule has 10 heteroatoms. The number of rotatable bonds is 3. The molecule has 0 bridgehead atoms. The van der Waals surface area contributed by atoms with Crippen LogP contribution in [0.25, 0.3) is 5.76 Å². The maximum Gasteiger partial charge on any atom is 0.265 e. The van der Waals surface area contributed by atoms with Gasteiger partial charge >= 0.3 is 0 Å². The van der Waals surface area contributed by atoms with Crippen LogP contribution >= 0.6 is 0 Å². The van der Waals surface area contributed by atoms with Gasteiger partial charge in [0.15, 0.2) is 17.3 Å². The van der Waals surface area contributed by atoms with E-state index < -0.39 is 33.3 Å². The molecule has 0 amide bonds. The van der Waals surface area contributed by atoms with Crippen molar-refractivity contribution in [2.24, 2.45) is 5.73 Å². The number of nitrogens with two attached hydrogens (primary N) is 1. The molecule has 0 aromatic heterocycles. The number of hydrogen-bond acceptors (Lipinski definition) is 7. The Morgan fingerprint density at radius 2 is 1.77 bits per heavy atom. The quantitative estimate of drug-likeness (QED) is 0.475. The summed E-state index contributed by atoms with van der Waals surface area (Å²) >= 11 is 0. The van der Waals surface area contributed by atoms with Crippen LogP contribution in [0.1, 0.15) is 22.6 Å². The molecule has 0 aliphatic carbocycles. The predicted octanol–water partition coefficient (Wildman–Crippen LogP) is 3.76. The van der Waals surface area contributed by atoms with Crippen molar-refractivity contribution >= 4 is 21.5 Å². The number of benzene rings is 3. The molecule has 35 heavy (non-hydrogen) atoms. The first kappa shape index (κ1) is 22.3. The third-order valence-electron chi connectivity index (χ3n) is 5.93. The molecule has 0 spiro atoms. The van der Waals surface area contributed by atoms with E-state index in [9.17, 15) is 28.3 Å². The molecule has 3 aromatic rings. The van der Waals surface area contributed by atoms with Gasteiger partial charge in [0.25, 0.3) is 10.0 Å². The highest BCUT2D eigenvalue weighted by molar-refractivity contribution is 7.96. The lowest BCUT2D eigenvalue weighted by molar-refractivity contribution is 0.357. The first-order valence-corrected chi connectivity index (χ1v) is 11.9. The molecule has 2 aliphatic rings. The van der Waals surface area contributed by atoms with E-state index in [1.165, 1.54) is 46.8 Å². The van der Waals surface area contributed by atoms with E-state index in [2.05, 4.69) is 0 Å². The largest absolute Gasteiger partial charge is 0.504 e. The van der Waals surface area contributed by atoms with Crippen LogP contribution < -0.4 is 10.0 Å². The van der Waals surface area contributed by atoms with Crippen molar-refractivity contribution in [2.45, 2.75) is 12.5 Å². The summed E-state index contributed by atoms with van der Waals surface area (Å²) in [6, 6.07) is 17.8. The van der Waals surface area contributed by atoms with E-state index >= 15 is 0 Å². The molecular weight excluding hydrogens is 473 g/mol. The average Bonchev–Trinajstić information content (AvgIpc) is 2.84. The van der Waals surface area contributed by atoms with Gasteiger partial charge < -0.3 is 20.7 Å². The zero-order valence-corrected chi connectivity index (χ0v) is 18.8. The Morgan fingerprint density at radius 3 is 2.46 bits per heavy atom. The van der Waals surface area contributed by atoms with E-state index in [4.69, 9.17) is 10.5 Å². The SMILES string of the molecule is N#CC1=C(N)OC2=C([C@H]1c1ccc(O)c(O)c1)S(=O)(=O)N(Cc1ccc(F)cc1)c1ccccc12. The summed E-state index contributed by atoms with van der Waals surface area (Å²) in [6.45, 7) is -0.106. The molecule has 0 fully saturated rings. The lowest BCUT2D eigenvalue weighted by Gasteiger charge is -2.38. The van der Waals surface area contributed by atoms with Crippen LogP contribution in [0.15, 0.2) is 83.1 Å². The first-order valence-electron chi connectivity index (χ1n) is 10.4. The highest BCUT2D eigenvalue weighted by atomic mass is 32.2. The number of halogens is 1. The number of allylic oxidation sites excluding steroid dienone is 2. The van der Waals surface area contributed by atoms with E-state index in [-0.39, 0.29) is 34.2 Å². The second kappa shape index (κ2) is 8.07. The van der Waals surface area contributed by atoms with Crippen molar-refractivity contribution in [3.63, 3.8) is 0 Å². The highest BCUT2D eigenvalue weighted by Gasteiger charge is 2.47. The van der Waals surface area contributed by atoms with Gasteiger partial charge in [-0.25, -0.2) is 12.8 Å². The van der Waals surface area contributed by atoms with E-state index in [1.807, 2.05) is 6.07 Å². The molecule has 2 aliphatic heterocycles. The molecule has 3 aromatic carbocycles. The van der Waals surface area contributed by atoms with Crippen LogP contribution in [0.3, 0.4) is 0 Å². The number of ether oxygens (including phenoxy) is 1. The van der Waals surface area contributed by atoms with Gasteiger partial charge in [-0.2, -0.15) is 5.26 Å². The summed E-state index contributed by atoms with van der Waals surface area (Å²) in [7, 11) is -4.32. The van der Waals surface area contributed by atoms with Crippen LogP contribution in [-0.2, 0) is 21.3 Å². The number of nitriles is 1. The molecule has 1 atom stereocenters. The number of fused-ring (bicyclic) bond motifs is 2. The van der Waals surface area contributed by atoms with Gasteiger partial charge in [0.2, 0.25) is 5.88 Å². The lowest BCUT2D eigenvalue weighted by atomic mass is 9.88. The van der Waals surface area contributed by atoms with Crippen molar-refractivity contribution in [1.29, 1.82) is 5.26 Å². The van der Waals surface area contributed by atoms with Gasteiger partial charge in [0.1, 0.15) is 22.4 Å². The molecule has 4 N–H and O–H groups in total. The zero-order chi connectivity index (χ0) is 24.9. The molecule has 0 radical (unpaired) electrons. The summed E-state index contributed by atoms with van der Waals surface area (Å²) in [5, 5.41) is 29.7. The summed E-state index contributed by atoms with van der Waals surface area (Å²) in [5.74, 6) is -2.83. The Balaban J connectivity index is 1.76. The summed E-state index contributed by atoms with van der Waals surface area (Å²) in [5.41, 5.74) is 7.43. The van der Waals surface area contributed by atoms with Crippen molar-refractivity contribution in [2.75, 3.05) is 4.31 Å². The van der Waals surface area contributed by atoms with E-state index in [0.29, 0.717) is 16.8 Å². The van der Waals surface area contributed by atoms with Gasteiger partial charge in [-0.15, -0.1) is 0 Å². The summed E-state index contributed by atoms with van der Waals surface area (Å²) in [6.07, 6.45) is 0. The number of phenolic OH excluding ortho intramolecular Hbond substituents is 2. The second-order valence-corrected chi connectivity index (χ2v) is 9.85. The number of aromatic hydroxyl groups is 2. The predicted molar refractivity (Wildman–Crippen MR) is 125 cm³/mol. The monoisotopic (exact) mass is 491 g/mol. The summed E-state index contributed by atoms with van der Waals surface area (Å²) in [4.78, 5) is -0.228. The van der Waals surface area contributed by atoms with E-state index in [0.717, 1.165) is 0 Å². The fourth-order valence-electron chi connectivity index (χ4n) is 4.29. The number of phenols is 2. The number of sulfonamides is 1. The number of anilines is 1. The molecule has 0 saturated carbocycles. The van der Waals surface area contributed by atoms with Crippen LogP contribution in [0, 0.1) is 17.1 Å². The molecule has 176 valence electrons. The van der Waals surface area contributed by atoms with Crippen molar-refractivity contribution < 1.29 is 27.8 Å². The topological polar surface area (TPSA) is 137 Å². The fraction of sp³-hybridized carbons (Fsp3) is 0.0800. The summed E-state index contributed by atoms with van der Waals surface area (Å²) < 4.78 is 48.6. The molecule has 8 nitrogen and oxygen atoms in total. The van der Waals surface area contributed by atoms with Gasteiger partial charge in [0, 0.05) is 5.56 Å². The first-order chi connectivity index (χ1) is 16.7. The van der Waals surface area contributed by atoms with Crippen molar-refractivity contribution in [1.82, 2.24) is 0 Å².